The highest BCUT2D eigenvalue weighted by Crippen LogP contribution is 2.14. The summed E-state index contributed by atoms with van der Waals surface area (Å²) in [7, 11) is -3.39. The standard InChI is InChI=1S/C14H18N2O3S/c15-10-12-3-1-5-14(9-12)20(17,18)8-7-19-13-4-2-6-16-11-13/h1,3,5,9,13,16H,2,4,6-8,11H2. The quantitative estimate of drug-likeness (QED) is 0.879. The first-order valence-electron chi connectivity index (χ1n) is 6.67. The van der Waals surface area contributed by atoms with E-state index >= 15 is 0 Å². The summed E-state index contributed by atoms with van der Waals surface area (Å²) < 4.78 is 29.9. The molecule has 2 rings (SSSR count). The molecule has 1 aromatic rings. The Morgan fingerprint density at radius 1 is 1.45 bits per heavy atom. The zero-order valence-electron chi connectivity index (χ0n) is 11.2. The molecule has 1 heterocycles. The Morgan fingerprint density at radius 2 is 2.30 bits per heavy atom. The predicted molar refractivity (Wildman–Crippen MR) is 75.1 cm³/mol. The number of rotatable bonds is 5. The van der Waals surface area contributed by atoms with E-state index in [1.165, 1.54) is 12.1 Å². The first-order chi connectivity index (χ1) is 9.62. The third kappa shape index (κ3) is 4.04. The maximum Gasteiger partial charge on any atom is 0.180 e. The van der Waals surface area contributed by atoms with Crippen molar-refractivity contribution >= 4 is 9.84 Å². The zero-order chi connectivity index (χ0) is 14.4. The third-order valence-electron chi connectivity index (χ3n) is 3.28. The molecule has 1 aliphatic rings. The summed E-state index contributed by atoms with van der Waals surface area (Å²) in [5.41, 5.74) is 0.350. The number of benzene rings is 1. The highest BCUT2D eigenvalue weighted by Gasteiger charge is 2.17. The van der Waals surface area contributed by atoms with Gasteiger partial charge >= 0.3 is 0 Å². The van der Waals surface area contributed by atoms with Crippen LogP contribution in [0.2, 0.25) is 0 Å². The molecule has 20 heavy (non-hydrogen) atoms. The van der Waals surface area contributed by atoms with Crippen LogP contribution >= 0.6 is 0 Å². The van der Waals surface area contributed by atoms with E-state index in [0.29, 0.717) is 5.56 Å². The van der Waals surface area contributed by atoms with Gasteiger partial charge in [-0.2, -0.15) is 5.26 Å². The van der Waals surface area contributed by atoms with Gasteiger partial charge in [0.05, 0.1) is 35.0 Å². The van der Waals surface area contributed by atoms with E-state index < -0.39 is 9.84 Å². The Kier molecular flexibility index (Phi) is 5.12. The number of nitriles is 1. The summed E-state index contributed by atoms with van der Waals surface area (Å²) in [5, 5.41) is 12.0. The Balaban J connectivity index is 1.91. The number of sulfone groups is 1. The lowest BCUT2D eigenvalue weighted by Crippen LogP contribution is -2.36. The number of hydrogen-bond donors (Lipinski definition) is 1. The van der Waals surface area contributed by atoms with Gasteiger partial charge in [0.1, 0.15) is 0 Å². The van der Waals surface area contributed by atoms with Crippen molar-refractivity contribution in [1.29, 1.82) is 5.26 Å². The van der Waals surface area contributed by atoms with E-state index in [0.717, 1.165) is 25.9 Å². The lowest BCUT2D eigenvalue weighted by atomic mass is 10.1. The van der Waals surface area contributed by atoms with Crippen LogP contribution < -0.4 is 5.32 Å². The minimum atomic E-state index is -3.39. The zero-order valence-corrected chi connectivity index (χ0v) is 12.0. The second kappa shape index (κ2) is 6.84. The highest BCUT2D eigenvalue weighted by atomic mass is 32.2. The van der Waals surface area contributed by atoms with Crippen LogP contribution in [-0.2, 0) is 14.6 Å². The van der Waals surface area contributed by atoms with Crippen LogP contribution in [0.3, 0.4) is 0 Å². The summed E-state index contributed by atoms with van der Waals surface area (Å²) in [6, 6.07) is 8.02. The Morgan fingerprint density at radius 3 is 3.00 bits per heavy atom. The first kappa shape index (κ1) is 15.0. The highest BCUT2D eigenvalue weighted by molar-refractivity contribution is 7.91. The Bertz CT molecular complexity index is 587. The molecule has 1 aliphatic heterocycles. The van der Waals surface area contributed by atoms with Gasteiger partial charge in [-0.1, -0.05) is 6.07 Å². The van der Waals surface area contributed by atoms with Crippen molar-refractivity contribution in [2.75, 3.05) is 25.4 Å². The minimum Gasteiger partial charge on any atom is -0.376 e. The number of piperidine rings is 1. The number of nitrogens with one attached hydrogen (secondary N) is 1. The number of hydrogen-bond acceptors (Lipinski definition) is 5. The average Bonchev–Trinajstić information content (AvgIpc) is 2.48. The second-order valence-corrected chi connectivity index (χ2v) is 6.91. The molecular formula is C14H18N2O3S. The van der Waals surface area contributed by atoms with E-state index in [1.807, 2.05) is 6.07 Å². The van der Waals surface area contributed by atoms with E-state index in [4.69, 9.17) is 10.00 Å². The lowest BCUT2D eigenvalue weighted by Gasteiger charge is -2.22. The van der Waals surface area contributed by atoms with Gasteiger partial charge in [0.2, 0.25) is 0 Å². The van der Waals surface area contributed by atoms with Crippen molar-refractivity contribution in [3.8, 4) is 6.07 Å². The molecule has 1 unspecified atom stereocenters. The molecule has 1 fully saturated rings. The largest absolute Gasteiger partial charge is 0.376 e. The Labute approximate surface area is 119 Å². The fourth-order valence-corrected chi connectivity index (χ4v) is 3.31. The fraction of sp³-hybridized carbons (Fsp3) is 0.500. The monoisotopic (exact) mass is 294 g/mol. The third-order valence-corrected chi connectivity index (χ3v) is 4.96. The van der Waals surface area contributed by atoms with Crippen molar-refractivity contribution in [3.05, 3.63) is 29.8 Å². The van der Waals surface area contributed by atoms with Gasteiger partial charge in [0.25, 0.3) is 0 Å². The first-order valence-corrected chi connectivity index (χ1v) is 8.32. The normalized spacial score (nSPS) is 19.4. The smallest absolute Gasteiger partial charge is 0.180 e. The van der Waals surface area contributed by atoms with Crippen LogP contribution in [0.1, 0.15) is 18.4 Å². The Hall–Kier alpha value is -1.42. The molecular weight excluding hydrogens is 276 g/mol. The van der Waals surface area contributed by atoms with Gasteiger partial charge in [-0.15, -0.1) is 0 Å². The van der Waals surface area contributed by atoms with Gasteiger partial charge in [-0.05, 0) is 37.6 Å². The summed E-state index contributed by atoms with van der Waals surface area (Å²) in [5.74, 6) is -0.0572. The van der Waals surface area contributed by atoms with Crippen molar-refractivity contribution < 1.29 is 13.2 Å². The van der Waals surface area contributed by atoms with Crippen LogP contribution in [0.5, 0.6) is 0 Å². The molecule has 0 saturated carbocycles. The van der Waals surface area contributed by atoms with Crippen molar-refractivity contribution in [3.63, 3.8) is 0 Å². The molecule has 0 amide bonds. The SMILES string of the molecule is N#Cc1cccc(S(=O)(=O)CCOC2CCCNC2)c1. The van der Waals surface area contributed by atoms with Crippen molar-refractivity contribution in [2.45, 2.75) is 23.8 Å². The van der Waals surface area contributed by atoms with Gasteiger partial charge in [-0.3, -0.25) is 0 Å². The predicted octanol–water partition coefficient (Wildman–Crippen LogP) is 1.10. The van der Waals surface area contributed by atoms with E-state index in [-0.39, 0.29) is 23.4 Å². The van der Waals surface area contributed by atoms with Gasteiger partial charge in [0, 0.05) is 6.54 Å². The fourth-order valence-electron chi connectivity index (χ4n) is 2.16. The maximum atomic E-state index is 12.1. The molecule has 0 aromatic heterocycles. The van der Waals surface area contributed by atoms with E-state index in [1.54, 1.807) is 12.1 Å². The van der Waals surface area contributed by atoms with Crippen LogP contribution in [0, 0.1) is 11.3 Å². The van der Waals surface area contributed by atoms with Gasteiger partial charge in [0.15, 0.2) is 9.84 Å². The molecule has 0 spiro atoms. The summed E-state index contributed by atoms with van der Waals surface area (Å²) in [6.45, 7) is 1.97. The lowest BCUT2D eigenvalue weighted by molar-refractivity contribution is 0.0468. The topological polar surface area (TPSA) is 79.2 Å². The maximum absolute atomic E-state index is 12.1. The van der Waals surface area contributed by atoms with Gasteiger partial charge < -0.3 is 10.1 Å². The summed E-state index contributed by atoms with van der Waals surface area (Å²) in [4.78, 5) is 0.182. The molecule has 0 radical (unpaired) electrons. The van der Waals surface area contributed by atoms with E-state index in [2.05, 4.69) is 5.32 Å². The van der Waals surface area contributed by atoms with Crippen LogP contribution in [0.25, 0.3) is 0 Å². The van der Waals surface area contributed by atoms with Crippen molar-refractivity contribution in [2.24, 2.45) is 0 Å². The molecule has 1 aromatic carbocycles. The second-order valence-electron chi connectivity index (χ2n) is 4.80. The molecule has 1 saturated heterocycles. The van der Waals surface area contributed by atoms with Gasteiger partial charge in [-0.25, -0.2) is 8.42 Å². The number of ether oxygens (including phenoxy) is 1. The minimum absolute atomic E-state index is 0.0572. The van der Waals surface area contributed by atoms with Crippen LogP contribution in [-0.4, -0.2) is 40.0 Å². The molecule has 6 heteroatoms. The number of nitrogens with zero attached hydrogens (tertiary/aromatic N) is 1. The molecule has 1 atom stereocenters. The van der Waals surface area contributed by atoms with Crippen LogP contribution in [0.15, 0.2) is 29.2 Å². The molecule has 5 nitrogen and oxygen atoms in total. The summed E-state index contributed by atoms with van der Waals surface area (Å²) >= 11 is 0. The molecule has 108 valence electrons. The molecule has 0 aliphatic carbocycles. The average molecular weight is 294 g/mol. The van der Waals surface area contributed by atoms with E-state index in [9.17, 15) is 8.42 Å². The molecule has 0 bridgehead atoms. The molecule has 1 N–H and O–H groups in total. The van der Waals surface area contributed by atoms with Crippen molar-refractivity contribution in [1.82, 2.24) is 5.32 Å². The summed E-state index contributed by atoms with van der Waals surface area (Å²) in [6.07, 6.45) is 2.13. The van der Waals surface area contributed by atoms with Crippen LogP contribution in [0.4, 0.5) is 0 Å².